The van der Waals surface area contributed by atoms with Crippen molar-refractivity contribution >= 4 is 34.5 Å². The largest absolute Gasteiger partial charge is 0.465 e. The van der Waals surface area contributed by atoms with Gasteiger partial charge in [-0.2, -0.15) is 0 Å². The van der Waals surface area contributed by atoms with E-state index in [0.29, 0.717) is 12.2 Å². The average molecular weight is 612 g/mol. The number of carbonyl (C=O) groups excluding carboxylic acids is 4. The Hall–Kier alpha value is -2.17. The van der Waals surface area contributed by atoms with Crippen LogP contribution in [0.3, 0.4) is 0 Å². The van der Waals surface area contributed by atoms with Gasteiger partial charge in [-0.15, -0.1) is 0 Å². The summed E-state index contributed by atoms with van der Waals surface area (Å²) in [6, 6.07) is 0. The van der Waals surface area contributed by atoms with Gasteiger partial charge in [-0.05, 0) is 19.8 Å². The number of aliphatic hydroxyl groups excluding tert-OH is 5. The lowest BCUT2D eigenvalue weighted by Gasteiger charge is -2.25. The highest BCUT2D eigenvalue weighted by Gasteiger charge is 2.30. The molecular formula is C26H49N3O11S. The molecule has 0 aromatic carbocycles. The molecule has 1 unspecified atom stereocenters. The molecule has 0 aliphatic heterocycles. The molecular weight excluding hydrogens is 562 g/mol. The Morgan fingerprint density at radius 2 is 1.22 bits per heavy atom. The number of carbonyl (C=O) groups is 4. The van der Waals surface area contributed by atoms with E-state index in [9.17, 15) is 43.8 Å². The first kappa shape index (κ1) is 38.8. The minimum Gasteiger partial charge on any atom is -0.465 e. The van der Waals surface area contributed by atoms with Crippen molar-refractivity contribution in [1.82, 2.24) is 16.0 Å². The van der Waals surface area contributed by atoms with Gasteiger partial charge in [0.15, 0.2) is 0 Å². The highest BCUT2D eigenvalue weighted by Crippen LogP contribution is 2.10. The van der Waals surface area contributed by atoms with Crippen LogP contribution in [0.25, 0.3) is 0 Å². The molecule has 41 heavy (non-hydrogen) atoms. The van der Waals surface area contributed by atoms with Crippen molar-refractivity contribution < 1.29 is 53.7 Å². The molecule has 0 bridgehead atoms. The summed E-state index contributed by atoms with van der Waals surface area (Å²) < 4.78 is 16.8. The van der Waals surface area contributed by atoms with E-state index in [0.717, 1.165) is 44.9 Å². The summed E-state index contributed by atoms with van der Waals surface area (Å²) in [7, 11) is -1.12. The fourth-order valence-electron chi connectivity index (χ4n) is 3.62. The maximum Gasteiger partial charge on any atom is 0.325 e. The van der Waals surface area contributed by atoms with Crippen molar-refractivity contribution in [2.75, 3.05) is 44.4 Å². The zero-order valence-electron chi connectivity index (χ0n) is 23.9. The molecule has 0 radical (unpaired) electrons. The third-order valence-electron chi connectivity index (χ3n) is 6.10. The lowest BCUT2D eigenvalue weighted by Crippen LogP contribution is -2.49. The molecule has 0 fully saturated rings. The number of hydrogen-bond acceptors (Lipinski definition) is 11. The summed E-state index contributed by atoms with van der Waals surface area (Å²) in [6.07, 6.45) is 1.04. The van der Waals surface area contributed by atoms with Crippen LogP contribution in [0.2, 0.25) is 0 Å². The first-order valence-corrected chi connectivity index (χ1v) is 15.6. The molecule has 14 nitrogen and oxygen atoms in total. The lowest BCUT2D eigenvalue weighted by atomic mass is 10.0. The zero-order valence-corrected chi connectivity index (χ0v) is 24.7. The van der Waals surface area contributed by atoms with Gasteiger partial charge in [0.2, 0.25) is 17.7 Å². The first-order chi connectivity index (χ1) is 19.5. The standard InChI is InChI=1S/C26H49N3O11S/c1-2-40-24(36)17-29-23(35)16-28-22(34)12-14-41(39)13-10-8-6-4-3-5-7-9-11-21(33)27-15-19(31)25(37)26(38)20(32)18-30/h19-20,25-26,30-32,37-38H,2-18H2,1H3,(H,27,33)(H,28,34)(H,29,35)/t19-,20+,25+,26+,41?/m0/s1. The molecule has 240 valence electrons. The van der Waals surface area contributed by atoms with Gasteiger partial charge in [0.1, 0.15) is 24.9 Å². The van der Waals surface area contributed by atoms with Crippen LogP contribution in [0.1, 0.15) is 71.1 Å². The van der Waals surface area contributed by atoms with E-state index in [4.69, 9.17) is 5.11 Å². The minimum absolute atomic E-state index is 0.0518. The first-order valence-electron chi connectivity index (χ1n) is 14.2. The number of amides is 3. The summed E-state index contributed by atoms with van der Waals surface area (Å²) in [5.74, 6) is -1.02. The molecule has 15 heteroatoms. The SMILES string of the molecule is CCOC(=O)CNC(=O)CNC(=O)CCS(=O)CCCCCCCCCCC(=O)NC[C@H](O)[C@@H](O)[C@H](O)[C@H](O)CO. The highest BCUT2D eigenvalue weighted by atomic mass is 32.2. The van der Waals surface area contributed by atoms with Gasteiger partial charge in [-0.1, -0.05) is 38.5 Å². The average Bonchev–Trinajstić information content (AvgIpc) is 2.96. The van der Waals surface area contributed by atoms with Gasteiger partial charge in [0.25, 0.3) is 0 Å². The Labute approximate surface area is 244 Å². The van der Waals surface area contributed by atoms with Crippen LogP contribution >= 0.6 is 0 Å². The number of unbranched alkanes of at least 4 members (excludes halogenated alkanes) is 7. The fraction of sp³-hybridized carbons (Fsp3) is 0.846. The van der Waals surface area contributed by atoms with E-state index in [1.807, 2.05) is 0 Å². The van der Waals surface area contributed by atoms with E-state index in [2.05, 4.69) is 20.7 Å². The molecule has 8 N–H and O–H groups in total. The Kier molecular flexibility index (Phi) is 23.1. The maximum absolute atomic E-state index is 12.1. The molecule has 0 aliphatic carbocycles. The van der Waals surface area contributed by atoms with E-state index < -0.39 is 53.7 Å². The van der Waals surface area contributed by atoms with Crippen LogP contribution in [-0.4, -0.2) is 122 Å². The van der Waals surface area contributed by atoms with Gasteiger partial charge in [-0.25, -0.2) is 0 Å². The van der Waals surface area contributed by atoms with Crippen LogP contribution in [0.5, 0.6) is 0 Å². The second-order valence-electron chi connectivity index (χ2n) is 9.64. The number of rotatable bonds is 25. The number of hydrogen-bond donors (Lipinski definition) is 8. The van der Waals surface area contributed by atoms with Gasteiger partial charge in [0, 0.05) is 41.7 Å². The molecule has 0 aromatic heterocycles. The Morgan fingerprint density at radius 1 is 0.683 bits per heavy atom. The highest BCUT2D eigenvalue weighted by molar-refractivity contribution is 7.84. The van der Waals surface area contributed by atoms with Crippen molar-refractivity contribution in [3.8, 4) is 0 Å². The second kappa shape index (κ2) is 24.4. The van der Waals surface area contributed by atoms with Crippen LogP contribution < -0.4 is 16.0 Å². The summed E-state index contributed by atoms with van der Waals surface area (Å²) in [4.78, 5) is 46.4. The normalized spacial score (nSPS) is 14.8. The van der Waals surface area contributed by atoms with Crippen molar-refractivity contribution in [3.05, 3.63) is 0 Å². The summed E-state index contributed by atoms with van der Waals surface area (Å²) in [6.45, 7) is 0.284. The Bertz CT molecular complexity index is 788. The van der Waals surface area contributed by atoms with E-state index in [1.54, 1.807) is 6.92 Å². The van der Waals surface area contributed by atoms with Gasteiger partial charge in [0.05, 0.1) is 25.9 Å². The van der Waals surface area contributed by atoms with Gasteiger partial charge < -0.3 is 46.2 Å². The van der Waals surface area contributed by atoms with E-state index in [1.165, 1.54) is 0 Å². The predicted molar refractivity (Wildman–Crippen MR) is 151 cm³/mol. The van der Waals surface area contributed by atoms with E-state index >= 15 is 0 Å². The van der Waals surface area contributed by atoms with E-state index in [-0.39, 0.29) is 56.7 Å². The second-order valence-corrected chi connectivity index (χ2v) is 11.3. The molecule has 0 aromatic rings. The van der Waals surface area contributed by atoms with Crippen molar-refractivity contribution in [1.29, 1.82) is 0 Å². The predicted octanol–water partition coefficient (Wildman–Crippen LogP) is -2.02. The van der Waals surface area contributed by atoms with Crippen molar-refractivity contribution in [2.45, 2.75) is 95.5 Å². The monoisotopic (exact) mass is 611 g/mol. The van der Waals surface area contributed by atoms with Crippen molar-refractivity contribution in [2.24, 2.45) is 0 Å². The zero-order chi connectivity index (χ0) is 31.0. The lowest BCUT2D eigenvalue weighted by molar-refractivity contribution is -0.143. The molecule has 0 saturated carbocycles. The van der Waals surface area contributed by atoms with Gasteiger partial charge in [-0.3, -0.25) is 23.4 Å². The Balaban J connectivity index is 3.67. The van der Waals surface area contributed by atoms with Crippen LogP contribution in [0.4, 0.5) is 0 Å². The Morgan fingerprint density at radius 3 is 1.83 bits per heavy atom. The number of nitrogens with one attached hydrogen (secondary N) is 3. The molecule has 0 aliphatic rings. The van der Waals surface area contributed by atoms with Crippen LogP contribution in [-0.2, 0) is 34.7 Å². The van der Waals surface area contributed by atoms with Crippen LogP contribution in [0, 0.1) is 0 Å². The summed E-state index contributed by atoms with van der Waals surface area (Å²) in [5, 5.41) is 54.4. The summed E-state index contributed by atoms with van der Waals surface area (Å²) >= 11 is 0. The minimum atomic E-state index is -1.73. The number of ether oxygens (including phenoxy) is 1. The smallest absolute Gasteiger partial charge is 0.325 e. The number of aliphatic hydroxyl groups is 5. The maximum atomic E-state index is 12.1. The molecule has 0 heterocycles. The topological polar surface area (TPSA) is 232 Å². The molecule has 5 atom stereocenters. The number of esters is 1. The molecule has 0 spiro atoms. The quantitative estimate of drug-likeness (QED) is 0.0415. The van der Waals surface area contributed by atoms with Crippen LogP contribution in [0.15, 0.2) is 0 Å². The van der Waals surface area contributed by atoms with Crippen molar-refractivity contribution in [3.63, 3.8) is 0 Å². The molecule has 3 amide bonds. The fourth-order valence-corrected chi connectivity index (χ4v) is 4.76. The summed E-state index contributed by atoms with van der Waals surface area (Å²) in [5.41, 5.74) is 0. The third-order valence-corrected chi connectivity index (χ3v) is 7.50. The molecule has 0 saturated heterocycles. The molecule has 0 rings (SSSR count). The van der Waals surface area contributed by atoms with Gasteiger partial charge >= 0.3 is 5.97 Å². The third kappa shape index (κ3) is 21.2.